The van der Waals surface area contributed by atoms with Gasteiger partial charge in [0.1, 0.15) is 12.6 Å². The smallest absolute Gasteiger partial charge is 0.364 e. The monoisotopic (exact) mass is 410 g/mol. The maximum absolute atomic E-state index is 13.7. The molecule has 2 aliphatic heterocycles. The molecule has 156 valence electrons. The van der Waals surface area contributed by atoms with Crippen LogP contribution < -0.4 is 10.2 Å². The second-order valence-corrected chi connectivity index (χ2v) is 7.63. The number of esters is 1. The van der Waals surface area contributed by atoms with Crippen molar-refractivity contribution in [2.24, 2.45) is 0 Å². The zero-order chi connectivity index (χ0) is 21.3. The lowest BCUT2D eigenvalue weighted by atomic mass is 9.83. The third kappa shape index (κ3) is 3.24. The lowest BCUT2D eigenvalue weighted by Crippen LogP contribution is -3.16. The van der Waals surface area contributed by atoms with Gasteiger partial charge in [0.25, 0.3) is 5.91 Å². The van der Waals surface area contributed by atoms with Crippen molar-refractivity contribution in [2.45, 2.75) is 24.1 Å². The number of aliphatic hydroxyl groups excluding tert-OH is 1. The Morgan fingerprint density at radius 3 is 2.23 bits per heavy atom. The number of methoxy groups -OCH3 is 1. The van der Waals surface area contributed by atoms with Crippen LogP contribution in [0, 0.1) is 0 Å². The molecule has 2 aromatic rings. The number of urea groups is 1. The van der Waals surface area contributed by atoms with Crippen molar-refractivity contribution in [1.29, 1.82) is 0 Å². The highest BCUT2D eigenvalue weighted by atomic mass is 16.5. The predicted octanol–water partition coefficient (Wildman–Crippen LogP) is -0.369. The van der Waals surface area contributed by atoms with Crippen molar-refractivity contribution < 1.29 is 29.1 Å². The van der Waals surface area contributed by atoms with Crippen LogP contribution in [0.5, 0.6) is 0 Å². The third-order valence-electron chi connectivity index (χ3n) is 5.86. The molecule has 2 fully saturated rings. The first kappa shape index (κ1) is 20.1. The Hall–Kier alpha value is -3.23. The number of rotatable bonds is 5. The van der Waals surface area contributed by atoms with Crippen molar-refractivity contribution in [2.75, 3.05) is 20.3 Å². The van der Waals surface area contributed by atoms with E-state index in [1.807, 2.05) is 36.4 Å². The highest BCUT2D eigenvalue weighted by Crippen LogP contribution is 2.35. The Labute approximate surface area is 174 Å². The molecule has 3 amide bonds. The molecule has 0 aromatic heterocycles. The minimum Gasteiger partial charge on any atom is -0.465 e. The Morgan fingerprint density at radius 1 is 1.13 bits per heavy atom. The van der Waals surface area contributed by atoms with Crippen LogP contribution in [0.15, 0.2) is 60.7 Å². The lowest BCUT2D eigenvalue weighted by Gasteiger charge is -2.28. The molecule has 3 N–H and O–H groups in total. The number of benzene rings is 2. The molecule has 4 rings (SSSR count). The van der Waals surface area contributed by atoms with Gasteiger partial charge >= 0.3 is 12.0 Å². The van der Waals surface area contributed by atoms with E-state index >= 15 is 0 Å². The van der Waals surface area contributed by atoms with E-state index in [1.165, 1.54) is 7.11 Å². The van der Waals surface area contributed by atoms with E-state index in [4.69, 9.17) is 4.74 Å². The van der Waals surface area contributed by atoms with E-state index in [1.54, 1.807) is 24.3 Å². The number of carbonyl (C=O) groups is 3. The number of nitrogens with one attached hydrogen (secondary N) is 2. The van der Waals surface area contributed by atoms with E-state index in [9.17, 15) is 19.5 Å². The highest BCUT2D eigenvalue weighted by molar-refractivity contribution is 6.09. The highest BCUT2D eigenvalue weighted by Gasteiger charge is 2.55. The quantitative estimate of drug-likeness (QED) is 0.461. The summed E-state index contributed by atoms with van der Waals surface area (Å²) >= 11 is 0. The Morgan fingerprint density at radius 2 is 1.70 bits per heavy atom. The number of hydrogen-bond acceptors (Lipinski definition) is 5. The molecule has 0 spiro atoms. The molecule has 0 bridgehead atoms. The zero-order valence-electron chi connectivity index (χ0n) is 16.6. The maximum atomic E-state index is 13.7. The summed E-state index contributed by atoms with van der Waals surface area (Å²) in [5, 5.41) is 12.9. The van der Waals surface area contributed by atoms with E-state index in [-0.39, 0.29) is 19.6 Å². The van der Waals surface area contributed by atoms with Crippen LogP contribution in [0.4, 0.5) is 4.79 Å². The van der Waals surface area contributed by atoms with Gasteiger partial charge in [0.15, 0.2) is 18.2 Å². The fraction of sp³-hybridized carbons (Fsp3) is 0.318. The number of imide groups is 1. The summed E-state index contributed by atoms with van der Waals surface area (Å²) in [6.45, 7) is 0.212. The molecule has 2 heterocycles. The van der Waals surface area contributed by atoms with E-state index in [0.29, 0.717) is 16.0 Å². The van der Waals surface area contributed by atoms with Crippen LogP contribution in [0.3, 0.4) is 0 Å². The molecule has 2 aromatic carbocycles. The van der Waals surface area contributed by atoms with Crippen molar-refractivity contribution in [3.05, 3.63) is 71.8 Å². The number of amides is 3. The van der Waals surface area contributed by atoms with Crippen molar-refractivity contribution in [3.63, 3.8) is 0 Å². The summed E-state index contributed by atoms with van der Waals surface area (Å²) in [7, 11) is 1.29. The second kappa shape index (κ2) is 7.89. The molecular formula is C22H24N3O5+. The summed E-state index contributed by atoms with van der Waals surface area (Å²) < 4.78 is 4.84. The second-order valence-electron chi connectivity index (χ2n) is 7.63. The fourth-order valence-electron chi connectivity index (χ4n) is 4.40. The first-order chi connectivity index (χ1) is 14.5. The number of ether oxygens (including phenoxy) is 1. The average Bonchev–Trinajstić information content (AvgIpc) is 3.27. The van der Waals surface area contributed by atoms with Crippen molar-refractivity contribution in [1.82, 2.24) is 10.2 Å². The van der Waals surface area contributed by atoms with Gasteiger partial charge in [-0.05, 0) is 11.1 Å². The van der Waals surface area contributed by atoms with Crippen LogP contribution in [0.1, 0.15) is 17.5 Å². The van der Waals surface area contributed by atoms with Crippen LogP contribution in [-0.2, 0) is 19.9 Å². The molecule has 2 saturated heterocycles. The van der Waals surface area contributed by atoms with Crippen molar-refractivity contribution >= 4 is 17.9 Å². The van der Waals surface area contributed by atoms with Crippen LogP contribution >= 0.6 is 0 Å². The average molecular weight is 410 g/mol. The lowest BCUT2D eigenvalue weighted by molar-refractivity contribution is -0.912. The number of carbonyl (C=O) groups excluding carboxylic acids is 3. The van der Waals surface area contributed by atoms with Gasteiger partial charge in [-0.25, -0.2) is 14.5 Å². The van der Waals surface area contributed by atoms with Gasteiger partial charge < -0.3 is 20.1 Å². The van der Waals surface area contributed by atoms with Gasteiger partial charge in [0.05, 0.1) is 7.11 Å². The van der Waals surface area contributed by atoms with Crippen molar-refractivity contribution in [3.8, 4) is 0 Å². The first-order valence-corrected chi connectivity index (χ1v) is 9.83. The topological polar surface area (TPSA) is 100 Å². The number of hydrogen-bond donors (Lipinski definition) is 3. The van der Waals surface area contributed by atoms with Crippen LogP contribution in [-0.4, -0.2) is 60.4 Å². The minimum atomic E-state index is -1.35. The molecule has 0 radical (unpaired) electrons. The van der Waals surface area contributed by atoms with Gasteiger partial charge in [0.2, 0.25) is 0 Å². The van der Waals surface area contributed by atoms with Crippen LogP contribution in [0.2, 0.25) is 0 Å². The van der Waals surface area contributed by atoms with Gasteiger partial charge in [-0.3, -0.25) is 4.79 Å². The molecule has 2 aliphatic rings. The van der Waals surface area contributed by atoms with E-state index < -0.39 is 35.6 Å². The molecule has 0 aliphatic carbocycles. The Bertz CT molecular complexity index is 910. The van der Waals surface area contributed by atoms with Gasteiger partial charge in [-0.2, -0.15) is 0 Å². The molecule has 8 nitrogen and oxygen atoms in total. The predicted molar refractivity (Wildman–Crippen MR) is 106 cm³/mol. The standard InChI is InChI=1S/C22H23N3O5/c1-30-19(27)18-12-17(26)13-24(18)14-25-20(28)22(23-21(25)29,15-8-4-2-5-9-15)16-10-6-3-7-11-16/h2-11,17-18,26H,12-14H2,1H3,(H,23,29)/p+1/t17-,18-/m0/s1. The minimum absolute atomic E-state index is 0.0388. The summed E-state index contributed by atoms with van der Waals surface area (Å²) in [4.78, 5) is 40.5. The Balaban J connectivity index is 1.70. The number of quaternary nitrogens is 1. The zero-order valence-corrected chi connectivity index (χ0v) is 16.6. The number of aliphatic hydroxyl groups is 1. The maximum Gasteiger partial charge on any atom is 0.364 e. The van der Waals surface area contributed by atoms with Gasteiger partial charge in [0, 0.05) is 6.42 Å². The summed E-state index contributed by atoms with van der Waals surface area (Å²) in [5.74, 6) is -0.881. The fourth-order valence-corrected chi connectivity index (χ4v) is 4.40. The molecule has 1 unspecified atom stereocenters. The SMILES string of the molecule is COC(=O)[C@@H]1C[C@H](O)C[NH+]1CN1C(=O)NC(c2ccccc2)(c2ccccc2)C1=O. The van der Waals surface area contributed by atoms with E-state index in [2.05, 4.69) is 5.32 Å². The molecular weight excluding hydrogens is 386 g/mol. The molecule has 8 heteroatoms. The third-order valence-corrected chi connectivity index (χ3v) is 5.86. The van der Waals surface area contributed by atoms with E-state index in [0.717, 1.165) is 4.90 Å². The van der Waals surface area contributed by atoms with Crippen LogP contribution in [0.25, 0.3) is 0 Å². The Kier molecular flexibility index (Phi) is 5.27. The molecule has 30 heavy (non-hydrogen) atoms. The number of nitrogens with zero attached hydrogens (tertiary/aromatic N) is 1. The summed E-state index contributed by atoms with van der Waals surface area (Å²) in [6.07, 6.45) is -0.466. The van der Waals surface area contributed by atoms with Gasteiger partial charge in [-0.1, -0.05) is 60.7 Å². The number of likely N-dealkylation sites (tertiary alicyclic amines) is 1. The summed E-state index contributed by atoms with van der Waals surface area (Å²) in [6, 6.07) is 17.0. The molecule has 3 atom stereocenters. The normalized spacial score (nSPS) is 25.3. The first-order valence-electron chi connectivity index (χ1n) is 9.83. The summed E-state index contributed by atoms with van der Waals surface area (Å²) in [5.41, 5.74) is -0.0472. The largest absolute Gasteiger partial charge is 0.465 e. The van der Waals surface area contributed by atoms with Gasteiger partial charge in [-0.15, -0.1) is 0 Å². The molecule has 0 saturated carbocycles.